The maximum Gasteiger partial charge on any atom is 0.276 e. The van der Waals surface area contributed by atoms with Crippen LogP contribution in [0.3, 0.4) is 0 Å². The Bertz CT molecular complexity index is 1120. The maximum absolute atomic E-state index is 13.0. The summed E-state index contributed by atoms with van der Waals surface area (Å²) in [6.45, 7) is 2.43. The average Bonchev–Trinajstić information content (AvgIpc) is 3.14. The third-order valence-corrected chi connectivity index (χ3v) is 8.03. The molecule has 2 aromatic rings. The Labute approximate surface area is 195 Å². The molecule has 0 aliphatic heterocycles. The van der Waals surface area contributed by atoms with Crippen molar-refractivity contribution >= 4 is 49.6 Å². The van der Waals surface area contributed by atoms with Gasteiger partial charge in [0.2, 0.25) is 15.0 Å². The van der Waals surface area contributed by atoms with Crippen molar-refractivity contribution in [3.05, 3.63) is 32.9 Å². The predicted octanol–water partition coefficient (Wildman–Crippen LogP) is 2.88. The first-order chi connectivity index (χ1) is 15.3. The number of halogens is 1. The van der Waals surface area contributed by atoms with Gasteiger partial charge in [-0.2, -0.15) is 0 Å². The number of aryl methyl sites for hydroxylation is 1. The number of fused-ring (bicyclic) bond motifs is 1. The summed E-state index contributed by atoms with van der Waals surface area (Å²) in [5.74, 6) is -1.17. The third kappa shape index (κ3) is 5.45. The predicted molar refractivity (Wildman–Crippen MR) is 123 cm³/mol. The molecular formula is C20H25ClN4O5S2. The summed E-state index contributed by atoms with van der Waals surface area (Å²) in [5, 5.41) is 5.47. The number of carbonyl (C=O) groups excluding carboxylic acids is 2. The van der Waals surface area contributed by atoms with Crippen LogP contribution in [0.4, 0.5) is 5.00 Å². The van der Waals surface area contributed by atoms with Crippen LogP contribution < -0.4 is 10.6 Å². The van der Waals surface area contributed by atoms with Gasteiger partial charge in [0.05, 0.1) is 22.5 Å². The van der Waals surface area contributed by atoms with Crippen LogP contribution in [0.1, 0.15) is 57.5 Å². The van der Waals surface area contributed by atoms with Crippen LogP contribution in [-0.2, 0) is 27.4 Å². The number of ether oxygens (including phenoxy) is 1. The molecule has 0 unspecified atom stereocenters. The number of rotatable bonds is 9. The SMILES string of the molecule is CCS(=O)(=O)c1ncc(Cl)c(C(=O)Nc2sc3c(c2C(=O)NCCCOC)CCCC3)n1. The smallest absolute Gasteiger partial charge is 0.276 e. The highest BCUT2D eigenvalue weighted by molar-refractivity contribution is 7.91. The topological polar surface area (TPSA) is 127 Å². The number of amides is 2. The first-order valence-electron chi connectivity index (χ1n) is 10.3. The summed E-state index contributed by atoms with van der Waals surface area (Å²) < 4.78 is 29.2. The number of hydrogen-bond acceptors (Lipinski definition) is 8. The largest absolute Gasteiger partial charge is 0.385 e. The second kappa shape index (κ2) is 10.7. The molecular weight excluding hydrogens is 476 g/mol. The van der Waals surface area contributed by atoms with Crippen LogP contribution in [0.25, 0.3) is 0 Å². The molecule has 0 radical (unpaired) electrons. The Balaban J connectivity index is 1.90. The third-order valence-electron chi connectivity index (χ3n) is 5.03. The summed E-state index contributed by atoms with van der Waals surface area (Å²) >= 11 is 7.44. The number of thiophene rings is 1. The lowest BCUT2D eigenvalue weighted by molar-refractivity contribution is 0.0948. The Morgan fingerprint density at radius 2 is 2.00 bits per heavy atom. The molecule has 2 N–H and O–H groups in total. The normalized spacial score (nSPS) is 13.5. The zero-order valence-electron chi connectivity index (χ0n) is 17.9. The minimum Gasteiger partial charge on any atom is -0.385 e. The lowest BCUT2D eigenvalue weighted by Gasteiger charge is -2.13. The zero-order valence-corrected chi connectivity index (χ0v) is 20.3. The van der Waals surface area contributed by atoms with E-state index in [4.69, 9.17) is 16.3 Å². The van der Waals surface area contributed by atoms with Gasteiger partial charge in [0.25, 0.3) is 11.8 Å². The fraction of sp³-hybridized carbons (Fsp3) is 0.500. The molecule has 1 aliphatic carbocycles. The molecule has 3 rings (SSSR count). The molecule has 2 aromatic heterocycles. The summed E-state index contributed by atoms with van der Waals surface area (Å²) in [7, 11) is -2.12. The second-order valence-corrected chi connectivity index (χ2v) is 10.9. The van der Waals surface area contributed by atoms with Gasteiger partial charge in [0.15, 0.2) is 5.69 Å². The molecule has 2 amide bonds. The standard InChI is InChI=1S/C20H25ClN4O5S2/c1-3-32(28,29)20-23-11-13(21)16(24-20)18(27)25-19-15(17(26)22-9-6-10-30-2)12-7-4-5-8-14(12)31-19/h11H,3-10H2,1-2H3,(H,22,26)(H,25,27). The molecule has 0 bridgehead atoms. The molecule has 32 heavy (non-hydrogen) atoms. The molecule has 9 nitrogen and oxygen atoms in total. The van der Waals surface area contributed by atoms with Crippen LogP contribution in [0.2, 0.25) is 5.02 Å². The van der Waals surface area contributed by atoms with Crippen molar-refractivity contribution in [1.82, 2.24) is 15.3 Å². The van der Waals surface area contributed by atoms with E-state index in [0.29, 0.717) is 30.1 Å². The van der Waals surface area contributed by atoms with E-state index in [-0.39, 0.29) is 22.4 Å². The molecule has 174 valence electrons. The van der Waals surface area contributed by atoms with E-state index in [2.05, 4.69) is 20.6 Å². The molecule has 0 aromatic carbocycles. The number of nitrogens with zero attached hydrogens (tertiary/aromatic N) is 2. The number of hydrogen-bond donors (Lipinski definition) is 2. The highest BCUT2D eigenvalue weighted by atomic mass is 35.5. The van der Waals surface area contributed by atoms with Crippen molar-refractivity contribution in [2.45, 2.75) is 44.2 Å². The van der Waals surface area contributed by atoms with E-state index >= 15 is 0 Å². The van der Waals surface area contributed by atoms with Crippen molar-refractivity contribution in [3.8, 4) is 0 Å². The van der Waals surface area contributed by atoms with E-state index in [1.807, 2.05) is 0 Å². The summed E-state index contributed by atoms with van der Waals surface area (Å²) in [5.41, 5.74) is 1.14. The maximum atomic E-state index is 13.0. The van der Waals surface area contributed by atoms with Crippen LogP contribution >= 0.6 is 22.9 Å². The molecule has 0 atom stereocenters. The second-order valence-electron chi connectivity index (χ2n) is 7.22. The van der Waals surface area contributed by atoms with E-state index in [9.17, 15) is 18.0 Å². The Morgan fingerprint density at radius 3 is 2.72 bits per heavy atom. The monoisotopic (exact) mass is 500 g/mol. The Morgan fingerprint density at radius 1 is 1.25 bits per heavy atom. The molecule has 12 heteroatoms. The fourth-order valence-corrected chi connectivity index (χ4v) is 5.51. The lowest BCUT2D eigenvalue weighted by Crippen LogP contribution is -2.27. The lowest BCUT2D eigenvalue weighted by atomic mass is 9.95. The van der Waals surface area contributed by atoms with Gasteiger partial charge in [-0.3, -0.25) is 9.59 Å². The fourth-order valence-electron chi connectivity index (χ4n) is 3.35. The van der Waals surface area contributed by atoms with E-state index < -0.39 is 20.9 Å². The Kier molecular flexibility index (Phi) is 8.21. The van der Waals surface area contributed by atoms with Crippen molar-refractivity contribution in [1.29, 1.82) is 0 Å². The zero-order chi connectivity index (χ0) is 23.3. The highest BCUT2D eigenvalue weighted by Crippen LogP contribution is 2.38. The molecule has 0 saturated carbocycles. The van der Waals surface area contributed by atoms with Crippen molar-refractivity contribution in [2.24, 2.45) is 0 Å². The van der Waals surface area contributed by atoms with Gasteiger partial charge in [-0.15, -0.1) is 11.3 Å². The van der Waals surface area contributed by atoms with Gasteiger partial charge in [-0.25, -0.2) is 18.4 Å². The number of anilines is 1. The molecule has 0 saturated heterocycles. The average molecular weight is 501 g/mol. The van der Waals surface area contributed by atoms with Crippen molar-refractivity contribution in [2.75, 3.05) is 31.3 Å². The molecule has 0 fully saturated rings. The van der Waals surface area contributed by atoms with Crippen molar-refractivity contribution < 1.29 is 22.7 Å². The molecule has 0 spiro atoms. The number of nitrogens with one attached hydrogen (secondary N) is 2. The summed E-state index contributed by atoms with van der Waals surface area (Å²) in [4.78, 5) is 34.6. The van der Waals surface area contributed by atoms with Crippen LogP contribution in [-0.4, -0.2) is 56.2 Å². The van der Waals surface area contributed by atoms with Crippen LogP contribution in [0.5, 0.6) is 0 Å². The van der Waals surface area contributed by atoms with Gasteiger partial charge in [-0.05, 0) is 37.7 Å². The van der Waals surface area contributed by atoms with Crippen LogP contribution in [0, 0.1) is 0 Å². The van der Waals surface area contributed by atoms with E-state index in [1.165, 1.54) is 18.3 Å². The number of sulfone groups is 1. The van der Waals surface area contributed by atoms with E-state index in [1.54, 1.807) is 7.11 Å². The first-order valence-corrected chi connectivity index (χ1v) is 13.1. The summed E-state index contributed by atoms with van der Waals surface area (Å²) in [6, 6.07) is 0. The number of carbonyl (C=O) groups is 2. The Hall–Kier alpha value is -2.08. The number of aromatic nitrogens is 2. The van der Waals surface area contributed by atoms with Gasteiger partial charge in [0.1, 0.15) is 5.00 Å². The minimum absolute atomic E-state index is 0.0792. The quantitative estimate of drug-likeness (QED) is 0.400. The molecule has 2 heterocycles. The van der Waals surface area contributed by atoms with E-state index in [0.717, 1.165) is 42.3 Å². The van der Waals surface area contributed by atoms with Crippen LogP contribution in [0.15, 0.2) is 11.4 Å². The first kappa shape index (κ1) is 24.6. The van der Waals surface area contributed by atoms with Crippen molar-refractivity contribution in [3.63, 3.8) is 0 Å². The number of methoxy groups -OCH3 is 1. The van der Waals surface area contributed by atoms with Gasteiger partial charge in [0, 0.05) is 25.1 Å². The van der Waals surface area contributed by atoms with Gasteiger partial charge >= 0.3 is 0 Å². The summed E-state index contributed by atoms with van der Waals surface area (Å²) in [6.07, 6.45) is 5.35. The van der Waals surface area contributed by atoms with Gasteiger partial charge in [-0.1, -0.05) is 18.5 Å². The minimum atomic E-state index is -3.72. The molecule has 1 aliphatic rings. The highest BCUT2D eigenvalue weighted by Gasteiger charge is 2.28. The van der Waals surface area contributed by atoms with Gasteiger partial charge < -0.3 is 15.4 Å².